The number of likely N-dealkylation sites (tertiary alicyclic amines) is 1. The van der Waals surface area contributed by atoms with Crippen molar-refractivity contribution in [2.45, 2.75) is 63.5 Å². The number of ether oxygens (including phenoxy) is 1. The Hall–Kier alpha value is -3.53. The van der Waals surface area contributed by atoms with Gasteiger partial charge in [0.05, 0.1) is 5.92 Å². The molecule has 2 aliphatic heterocycles. The van der Waals surface area contributed by atoms with E-state index >= 15 is 0 Å². The molecule has 10 heteroatoms. The van der Waals surface area contributed by atoms with Crippen molar-refractivity contribution in [1.82, 2.24) is 14.9 Å². The van der Waals surface area contributed by atoms with Crippen LogP contribution in [0.4, 0.5) is 11.5 Å². The fourth-order valence-corrected chi connectivity index (χ4v) is 4.98. The number of anilines is 1. The zero-order valence-corrected chi connectivity index (χ0v) is 20.6. The minimum absolute atomic E-state index is 0.244. The molecule has 0 spiro atoms. The first kappa shape index (κ1) is 25.6. The SMILES string of the molecule is CC1(N)Oc2ncnc(N)c2N=C1c1ccc(C2CCCCC2)cc1.O=CN1CCC(C(=O)O)CC1. The molecule has 1 aromatic carbocycles. The Morgan fingerprint density at radius 2 is 1.78 bits per heavy atom. The maximum absolute atomic E-state index is 10.4. The minimum Gasteiger partial charge on any atom is -0.481 e. The van der Waals surface area contributed by atoms with Gasteiger partial charge in [-0.15, -0.1) is 0 Å². The van der Waals surface area contributed by atoms with E-state index in [9.17, 15) is 9.59 Å². The first-order valence-corrected chi connectivity index (χ1v) is 12.5. The highest BCUT2D eigenvalue weighted by Gasteiger charge is 2.36. The van der Waals surface area contributed by atoms with E-state index in [2.05, 4.69) is 39.2 Å². The summed E-state index contributed by atoms with van der Waals surface area (Å²) in [5.74, 6) is 0.292. The summed E-state index contributed by atoms with van der Waals surface area (Å²) in [4.78, 5) is 35.0. The number of aliphatic imine (C=N–C) groups is 1. The quantitative estimate of drug-likeness (QED) is 0.547. The van der Waals surface area contributed by atoms with Crippen LogP contribution < -0.4 is 16.2 Å². The van der Waals surface area contributed by atoms with Gasteiger partial charge < -0.3 is 20.5 Å². The second kappa shape index (κ2) is 11.0. The average molecular weight is 495 g/mol. The van der Waals surface area contributed by atoms with Crippen molar-refractivity contribution < 1.29 is 19.4 Å². The molecular formula is C26H34N6O4. The highest BCUT2D eigenvalue weighted by molar-refractivity contribution is 6.09. The van der Waals surface area contributed by atoms with E-state index in [0.29, 0.717) is 49.1 Å². The Balaban J connectivity index is 0.000000233. The van der Waals surface area contributed by atoms with Crippen molar-refractivity contribution in [3.8, 4) is 5.88 Å². The van der Waals surface area contributed by atoms with Crippen LogP contribution in [0, 0.1) is 5.92 Å². The summed E-state index contributed by atoms with van der Waals surface area (Å²) in [7, 11) is 0. The molecule has 0 radical (unpaired) electrons. The lowest BCUT2D eigenvalue weighted by molar-refractivity contribution is -0.144. The molecule has 1 amide bonds. The molecule has 0 bridgehead atoms. The Bertz CT molecular complexity index is 1100. The minimum atomic E-state index is -1.07. The van der Waals surface area contributed by atoms with Gasteiger partial charge >= 0.3 is 5.97 Å². The third kappa shape index (κ3) is 5.81. The Labute approximate surface area is 210 Å². The lowest BCUT2D eigenvalue weighted by Crippen LogP contribution is -2.52. The van der Waals surface area contributed by atoms with Gasteiger partial charge in [0.15, 0.2) is 11.5 Å². The standard InChI is InChI=1S/C19H23N5O.C7H11NO3/c1-19(21)16(24-15-17(20)22-11-23-18(15)25-19)14-9-7-13(8-10-14)12-5-3-2-4-6-12;9-5-8-3-1-6(2-4-8)7(10)11/h7-12H,2-6,21H2,1H3,(H2,20,22,23);5-6H,1-4H2,(H,10,11). The number of hydrogen-bond donors (Lipinski definition) is 3. The number of carbonyl (C=O) groups excluding carboxylic acids is 1. The summed E-state index contributed by atoms with van der Waals surface area (Å²) in [5.41, 5.74) is 14.6. The Morgan fingerprint density at radius 3 is 2.39 bits per heavy atom. The largest absolute Gasteiger partial charge is 0.481 e. The van der Waals surface area contributed by atoms with Crippen LogP contribution in [0.2, 0.25) is 0 Å². The molecule has 2 aromatic rings. The molecule has 192 valence electrons. The molecule has 1 saturated carbocycles. The van der Waals surface area contributed by atoms with Crippen molar-refractivity contribution in [3.63, 3.8) is 0 Å². The molecule has 5 rings (SSSR count). The van der Waals surface area contributed by atoms with Crippen LogP contribution in [-0.2, 0) is 9.59 Å². The van der Waals surface area contributed by atoms with Gasteiger partial charge in [-0.05, 0) is 44.1 Å². The number of amides is 1. The highest BCUT2D eigenvalue weighted by Crippen LogP contribution is 2.38. The van der Waals surface area contributed by atoms with E-state index in [1.165, 1.54) is 44.0 Å². The second-order valence-electron chi connectivity index (χ2n) is 9.79. The molecule has 1 aliphatic carbocycles. The number of carboxylic acid groups (broad SMARTS) is 1. The number of nitrogens with two attached hydrogens (primary N) is 2. The third-order valence-electron chi connectivity index (χ3n) is 7.11. The molecule has 3 heterocycles. The van der Waals surface area contributed by atoms with E-state index in [1.54, 1.807) is 11.8 Å². The summed E-state index contributed by atoms with van der Waals surface area (Å²) in [6, 6.07) is 8.51. The molecule has 2 fully saturated rings. The zero-order valence-electron chi connectivity index (χ0n) is 20.6. The number of carbonyl (C=O) groups is 2. The summed E-state index contributed by atoms with van der Waals surface area (Å²) in [6.45, 7) is 2.95. The number of rotatable bonds is 4. The summed E-state index contributed by atoms with van der Waals surface area (Å²) in [5, 5.41) is 8.59. The molecule has 1 saturated heterocycles. The van der Waals surface area contributed by atoms with Gasteiger partial charge in [0.2, 0.25) is 18.0 Å². The number of hydrogen-bond acceptors (Lipinski definition) is 8. The Morgan fingerprint density at radius 1 is 1.11 bits per heavy atom. The first-order chi connectivity index (χ1) is 17.3. The van der Waals surface area contributed by atoms with E-state index < -0.39 is 11.7 Å². The lowest BCUT2D eigenvalue weighted by Gasteiger charge is -2.31. The van der Waals surface area contributed by atoms with E-state index in [1.807, 2.05) is 0 Å². The summed E-state index contributed by atoms with van der Waals surface area (Å²) < 4.78 is 5.83. The van der Waals surface area contributed by atoms with E-state index in [4.69, 9.17) is 21.3 Å². The fraction of sp³-hybridized carbons (Fsp3) is 0.500. The van der Waals surface area contributed by atoms with Crippen molar-refractivity contribution in [3.05, 3.63) is 41.7 Å². The number of aliphatic carboxylic acids is 1. The number of aromatic nitrogens is 2. The molecule has 10 nitrogen and oxygen atoms in total. The maximum Gasteiger partial charge on any atom is 0.306 e. The average Bonchev–Trinajstić information content (AvgIpc) is 2.89. The summed E-state index contributed by atoms with van der Waals surface area (Å²) in [6.07, 6.45) is 9.87. The van der Waals surface area contributed by atoms with Crippen LogP contribution >= 0.6 is 0 Å². The van der Waals surface area contributed by atoms with Gasteiger partial charge in [-0.3, -0.25) is 15.3 Å². The third-order valence-corrected chi connectivity index (χ3v) is 7.11. The van der Waals surface area contributed by atoms with Crippen molar-refractivity contribution >= 4 is 29.6 Å². The molecule has 5 N–H and O–H groups in total. The fourth-order valence-electron chi connectivity index (χ4n) is 4.98. The monoisotopic (exact) mass is 494 g/mol. The van der Waals surface area contributed by atoms with Crippen LogP contribution in [0.5, 0.6) is 5.88 Å². The van der Waals surface area contributed by atoms with Crippen LogP contribution in [0.1, 0.15) is 68.9 Å². The predicted molar refractivity (Wildman–Crippen MR) is 136 cm³/mol. The number of benzene rings is 1. The van der Waals surface area contributed by atoms with Crippen molar-refractivity contribution in [1.29, 1.82) is 0 Å². The second-order valence-corrected chi connectivity index (χ2v) is 9.79. The summed E-state index contributed by atoms with van der Waals surface area (Å²) >= 11 is 0. The smallest absolute Gasteiger partial charge is 0.306 e. The number of nitrogen functional groups attached to an aromatic ring is 1. The lowest BCUT2D eigenvalue weighted by atomic mass is 9.83. The van der Waals surface area contributed by atoms with E-state index in [-0.39, 0.29) is 11.7 Å². The number of carboxylic acids is 1. The number of nitrogens with zero attached hydrogens (tertiary/aromatic N) is 4. The van der Waals surface area contributed by atoms with Crippen molar-refractivity contribution in [2.75, 3.05) is 18.8 Å². The molecule has 1 atom stereocenters. The Kier molecular flexibility index (Phi) is 7.83. The maximum atomic E-state index is 10.4. The van der Waals surface area contributed by atoms with Gasteiger partial charge in [0, 0.05) is 18.7 Å². The van der Waals surface area contributed by atoms with Crippen LogP contribution in [-0.4, -0.2) is 56.9 Å². The number of piperidine rings is 1. The highest BCUT2D eigenvalue weighted by atomic mass is 16.5. The van der Waals surface area contributed by atoms with Gasteiger partial charge in [-0.2, -0.15) is 4.98 Å². The van der Waals surface area contributed by atoms with Crippen LogP contribution in [0.25, 0.3) is 0 Å². The molecule has 36 heavy (non-hydrogen) atoms. The predicted octanol–water partition coefficient (Wildman–Crippen LogP) is 3.23. The van der Waals surface area contributed by atoms with Crippen molar-refractivity contribution in [2.24, 2.45) is 16.6 Å². The van der Waals surface area contributed by atoms with Crippen LogP contribution in [0.3, 0.4) is 0 Å². The molecular weight excluding hydrogens is 460 g/mol. The molecule has 1 aromatic heterocycles. The van der Waals surface area contributed by atoms with Crippen LogP contribution in [0.15, 0.2) is 35.6 Å². The first-order valence-electron chi connectivity index (χ1n) is 12.5. The van der Waals surface area contributed by atoms with Gasteiger partial charge in [-0.1, -0.05) is 43.5 Å². The van der Waals surface area contributed by atoms with Gasteiger partial charge in [0.1, 0.15) is 12.0 Å². The van der Waals surface area contributed by atoms with Gasteiger partial charge in [-0.25, -0.2) is 9.98 Å². The van der Waals surface area contributed by atoms with E-state index in [0.717, 1.165) is 12.0 Å². The normalized spacial score (nSPS) is 22.4. The molecule has 3 aliphatic rings. The number of fused-ring (bicyclic) bond motifs is 1. The molecule has 1 unspecified atom stereocenters. The zero-order chi connectivity index (χ0) is 25.7. The topological polar surface area (TPSA) is 157 Å². The van der Waals surface area contributed by atoms with Gasteiger partial charge in [0.25, 0.3) is 0 Å².